The van der Waals surface area contributed by atoms with Crippen molar-refractivity contribution in [1.82, 2.24) is 15.3 Å². The molecule has 0 aliphatic heterocycles. The average Bonchev–Trinajstić information content (AvgIpc) is 2.84. The Labute approximate surface area is 224 Å². The zero-order chi connectivity index (χ0) is 25.4. The molecule has 0 fully saturated rings. The van der Waals surface area contributed by atoms with E-state index in [0.717, 1.165) is 35.6 Å². The maximum Gasteiger partial charge on any atom is 2.00 e. The Morgan fingerprint density at radius 1 is 0.861 bits per heavy atom. The molecule has 190 valence electrons. The SMILES string of the molecule is CN(C)c1ccnc(-c2[c-]ccc(C(F)(F)F)c2)c1.CNCc1ccnc(-c2[c-]ccc(C)c2)c1.[Pt+2]. The van der Waals surface area contributed by atoms with Crippen LogP contribution in [0.4, 0.5) is 18.9 Å². The van der Waals surface area contributed by atoms with Crippen molar-refractivity contribution in [2.24, 2.45) is 0 Å². The molecule has 1 N–H and O–H groups in total. The van der Waals surface area contributed by atoms with E-state index >= 15 is 0 Å². The number of alkyl halides is 3. The summed E-state index contributed by atoms with van der Waals surface area (Å²) in [6.45, 7) is 2.94. The molecule has 2 heterocycles. The van der Waals surface area contributed by atoms with Crippen molar-refractivity contribution in [1.29, 1.82) is 0 Å². The minimum atomic E-state index is -4.36. The van der Waals surface area contributed by atoms with Crippen LogP contribution in [0, 0.1) is 19.1 Å². The normalized spacial score (nSPS) is 10.6. The van der Waals surface area contributed by atoms with Gasteiger partial charge in [-0.1, -0.05) is 19.1 Å². The van der Waals surface area contributed by atoms with Gasteiger partial charge in [-0.05, 0) is 41.7 Å². The number of benzene rings is 2. The Kier molecular flexibility index (Phi) is 10.8. The van der Waals surface area contributed by atoms with Crippen molar-refractivity contribution >= 4 is 5.69 Å². The van der Waals surface area contributed by atoms with Crippen molar-refractivity contribution in [3.8, 4) is 22.5 Å². The van der Waals surface area contributed by atoms with Gasteiger partial charge in [-0.2, -0.15) is 13.2 Å². The second-order valence-electron chi connectivity index (χ2n) is 8.14. The fraction of sp³-hybridized carbons (Fsp3) is 0.214. The van der Waals surface area contributed by atoms with Gasteiger partial charge in [0.05, 0.1) is 0 Å². The number of nitrogens with zero attached hydrogens (tertiary/aromatic N) is 3. The molecule has 0 amide bonds. The summed E-state index contributed by atoms with van der Waals surface area (Å²) in [6, 6.07) is 23.0. The Hall–Kier alpha value is -3.02. The van der Waals surface area contributed by atoms with Gasteiger partial charge in [0.15, 0.2) is 0 Å². The van der Waals surface area contributed by atoms with Crippen LogP contribution in [-0.2, 0) is 33.8 Å². The Bertz CT molecular complexity index is 1260. The van der Waals surface area contributed by atoms with Crippen molar-refractivity contribution in [2.45, 2.75) is 19.6 Å². The quantitative estimate of drug-likeness (QED) is 0.257. The van der Waals surface area contributed by atoms with Crippen molar-refractivity contribution in [3.63, 3.8) is 0 Å². The number of halogens is 3. The van der Waals surface area contributed by atoms with Crippen LogP contribution in [0.3, 0.4) is 0 Å². The first-order valence-electron chi connectivity index (χ1n) is 11.0. The number of anilines is 1. The summed E-state index contributed by atoms with van der Waals surface area (Å²) in [4.78, 5) is 10.3. The summed E-state index contributed by atoms with van der Waals surface area (Å²) in [7, 11) is 5.66. The van der Waals surface area contributed by atoms with Crippen LogP contribution in [-0.4, -0.2) is 31.1 Å². The molecule has 4 rings (SSSR count). The van der Waals surface area contributed by atoms with E-state index in [1.165, 1.54) is 17.2 Å². The minimum Gasteiger partial charge on any atom is -0.378 e. The van der Waals surface area contributed by atoms with Crippen LogP contribution in [0.1, 0.15) is 16.7 Å². The fourth-order valence-corrected chi connectivity index (χ4v) is 3.30. The van der Waals surface area contributed by atoms with Gasteiger partial charge < -0.3 is 20.2 Å². The smallest absolute Gasteiger partial charge is 0.378 e. The molecule has 0 aliphatic carbocycles. The van der Waals surface area contributed by atoms with Crippen molar-refractivity contribution < 1.29 is 34.2 Å². The molecule has 2 aromatic carbocycles. The summed E-state index contributed by atoms with van der Waals surface area (Å²) in [5.74, 6) is 0. The van der Waals surface area contributed by atoms with Crippen LogP contribution in [0.5, 0.6) is 0 Å². The number of aryl methyl sites for hydroxylation is 1. The third-order valence-electron chi connectivity index (χ3n) is 5.10. The molecule has 0 unspecified atom stereocenters. The second kappa shape index (κ2) is 13.3. The van der Waals surface area contributed by atoms with Gasteiger partial charge in [-0.25, -0.2) is 0 Å². The molecule has 0 saturated carbocycles. The predicted octanol–water partition coefficient (Wildman–Crippen LogP) is 6.21. The topological polar surface area (TPSA) is 41.1 Å². The summed E-state index contributed by atoms with van der Waals surface area (Å²) >= 11 is 0. The van der Waals surface area contributed by atoms with Crippen LogP contribution < -0.4 is 10.2 Å². The molecule has 0 aliphatic rings. The average molecular weight is 672 g/mol. The van der Waals surface area contributed by atoms with E-state index in [1.54, 1.807) is 18.3 Å². The standard InChI is InChI=1S/C14H12F3N2.C14H15N2.Pt/c1-19(2)12-6-7-18-13(9-12)10-4-3-5-11(8-10)14(15,16)17;1-11-4-3-5-13(8-11)14-9-12(10-15-2)6-7-16-14;/h3,5-9H,1-2H3;3-4,6-9,15H,10H2,1-2H3;/q2*-1;+2. The van der Waals surface area contributed by atoms with Gasteiger partial charge in [0, 0.05) is 38.7 Å². The maximum absolute atomic E-state index is 12.6. The first-order chi connectivity index (χ1) is 16.7. The molecule has 8 heteroatoms. The van der Waals surface area contributed by atoms with E-state index in [2.05, 4.69) is 46.5 Å². The molecular weight excluding hydrogens is 644 g/mol. The van der Waals surface area contributed by atoms with Gasteiger partial charge in [-0.15, -0.1) is 65.2 Å². The number of nitrogens with one attached hydrogen (secondary N) is 1. The largest absolute Gasteiger partial charge is 2.00 e. The fourth-order valence-electron chi connectivity index (χ4n) is 3.30. The van der Waals surface area contributed by atoms with Gasteiger partial charge in [-0.3, -0.25) is 0 Å². The predicted molar refractivity (Wildman–Crippen MR) is 134 cm³/mol. The number of hydrogen-bond donors (Lipinski definition) is 1. The molecule has 0 atom stereocenters. The Morgan fingerprint density at radius 3 is 2.08 bits per heavy atom. The zero-order valence-electron chi connectivity index (χ0n) is 20.4. The molecule has 36 heavy (non-hydrogen) atoms. The second-order valence-corrected chi connectivity index (χ2v) is 8.14. The molecule has 4 nitrogen and oxygen atoms in total. The van der Waals surface area contributed by atoms with Crippen molar-refractivity contribution in [3.05, 3.63) is 102 Å². The third-order valence-corrected chi connectivity index (χ3v) is 5.10. The van der Waals surface area contributed by atoms with E-state index in [-0.39, 0.29) is 21.1 Å². The van der Waals surface area contributed by atoms with Crippen LogP contribution in [0.15, 0.2) is 73.1 Å². The first kappa shape index (κ1) is 29.2. The summed E-state index contributed by atoms with van der Waals surface area (Å²) in [6.07, 6.45) is -0.944. The van der Waals surface area contributed by atoms with E-state index in [9.17, 15) is 13.2 Å². The minimum absolute atomic E-state index is 0. The molecule has 0 radical (unpaired) electrons. The number of hydrogen-bond acceptors (Lipinski definition) is 4. The Morgan fingerprint density at radius 2 is 1.47 bits per heavy atom. The van der Waals surface area contributed by atoms with E-state index in [1.807, 2.05) is 50.4 Å². The van der Waals surface area contributed by atoms with E-state index in [0.29, 0.717) is 11.3 Å². The Balaban J connectivity index is 0.000000250. The molecule has 0 bridgehead atoms. The van der Waals surface area contributed by atoms with E-state index in [4.69, 9.17) is 0 Å². The molecular formula is C28H27F3N4Pt. The van der Waals surface area contributed by atoms with Crippen LogP contribution in [0.25, 0.3) is 22.5 Å². The summed E-state index contributed by atoms with van der Waals surface area (Å²) < 4.78 is 37.9. The monoisotopic (exact) mass is 671 g/mol. The number of rotatable bonds is 5. The third kappa shape index (κ3) is 8.28. The molecule has 0 spiro atoms. The maximum atomic E-state index is 12.6. The zero-order valence-corrected chi connectivity index (χ0v) is 22.7. The molecule has 0 saturated heterocycles. The molecule has 4 aromatic rings. The van der Waals surface area contributed by atoms with Crippen LogP contribution in [0.2, 0.25) is 0 Å². The summed E-state index contributed by atoms with van der Waals surface area (Å²) in [5.41, 5.74) is 5.48. The van der Waals surface area contributed by atoms with Gasteiger partial charge in [0.2, 0.25) is 0 Å². The van der Waals surface area contributed by atoms with Gasteiger partial charge >= 0.3 is 27.2 Å². The summed E-state index contributed by atoms with van der Waals surface area (Å²) in [5, 5.41) is 3.14. The van der Waals surface area contributed by atoms with Crippen molar-refractivity contribution in [2.75, 3.05) is 26.0 Å². The number of aromatic nitrogens is 2. The molecule has 2 aromatic heterocycles. The number of pyridine rings is 2. The van der Waals surface area contributed by atoms with Crippen LogP contribution >= 0.6 is 0 Å². The van der Waals surface area contributed by atoms with Gasteiger partial charge in [0.25, 0.3) is 0 Å². The first-order valence-corrected chi connectivity index (χ1v) is 11.0. The van der Waals surface area contributed by atoms with Gasteiger partial charge in [0.1, 0.15) is 0 Å². The van der Waals surface area contributed by atoms with E-state index < -0.39 is 11.7 Å².